The molecule has 0 rings (SSSR count). The summed E-state index contributed by atoms with van der Waals surface area (Å²) in [6.45, 7) is 8.07. The molecule has 1 amide bonds. The van der Waals surface area contributed by atoms with Gasteiger partial charge in [-0.05, 0) is 12.8 Å². The summed E-state index contributed by atoms with van der Waals surface area (Å²) in [5, 5.41) is 0. The summed E-state index contributed by atoms with van der Waals surface area (Å²) < 4.78 is 0. The zero-order valence-electron chi connectivity index (χ0n) is 8.54. The van der Waals surface area contributed by atoms with Crippen LogP contribution in [0.2, 0.25) is 0 Å². The van der Waals surface area contributed by atoms with E-state index in [-0.39, 0.29) is 5.91 Å². The van der Waals surface area contributed by atoms with Crippen LogP contribution in [0.1, 0.15) is 19.3 Å². The molecular weight excluding hydrogens is 174 g/mol. The first kappa shape index (κ1) is 12.5. The molecule has 0 aliphatic rings. The predicted octanol–water partition coefficient (Wildman–Crippen LogP) is 1.99. The normalized spacial score (nSPS) is 8.79. The van der Waals surface area contributed by atoms with E-state index in [1.165, 1.54) is 0 Å². The molecule has 0 aromatic rings. The van der Waals surface area contributed by atoms with Crippen molar-refractivity contribution in [1.82, 2.24) is 4.90 Å². The number of unbranched alkanes of at least 4 members (excludes halogenated alkanes) is 1. The van der Waals surface area contributed by atoms with Gasteiger partial charge in [-0.1, -0.05) is 18.1 Å². The molecule has 0 aromatic carbocycles. The second-order valence-electron chi connectivity index (χ2n) is 2.95. The zero-order chi connectivity index (χ0) is 10.8. The third-order valence-corrected chi connectivity index (χ3v) is 1.78. The van der Waals surface area contributed by atoms with Crippen LogP contribution in [0.4, 0.5) is 0 Å². The topological polar surface area (TPSA) is 20.3 Å². The number of hydrogen-bond donors (Lipinski definition) is 0. The number of amides is 1. The summed E-state index contributed by atoms with van der Waals surface area (Å²) in [5.74, 6) is 2.55. The van der Waals surface area contributed by atoms with Crippen LogP contribution in [0, 0.1) is 12.3 Å². The van der Waals surface area contributed by atoms with Crippen molar-refractivity contribution in [1.29, 1.82) is 0 Å². The van der Waals surface area contributed by atoms with Gasteiger partial charge in [-0.3, -0.25) is 4.79 Å². The average Bonchev–Trinajstić information content (AvgIpc) is 2.18. The lowest BCUT2D eigenvalue weighted by Gasteiger charge is -2.17. The van der Waals surface area contributed by atoms with E-state index in [9.17, 15) is 4.79 Å². The van der Waals surface area contributed by atoms with Gasteiger partial charge in [0.2, 0.25) is 5.91 Å². The molecule has 0 aliphatic carbocycles. The van der Waals surface area contributed by atoms with Crippen molar-refractivity contribution in [2.75, 3.05) is 13.1 Å². The molecule has 0 aromatic heterocycles. The molecule has 0 heterocycles. The van der Waals surface area contributed by atoms with E-state index in [4.69, 9.17) is 6.42 Å². The number of allylic oxidation sites excluding steroid dienone is 1. The molecule has 0 bridgehead atoms. The third kappa shape index (κ3) is 5.21. The Balaban J connectivity index is 3.95. The van der Waals surface area contributed by atoms with Crippen molar-refractivity contribution >= 4 is 5.91 Å². The Morgan fingerprint density at radius 3 is 2.64 bits per heavy atom. The van der Waals surface area contributed by atoms with Crippen molar-refractivity contribution in [3.05, 3.63) is 25.3 Å². The van der Waals surface area contributed by atoms with E-state index >= 15 is 0 Å². The van der Waals surface area contributed by atoms with Gasteiger partial charge in [0.15, 0.2) is 0 Å². The molecule has 2 heteroatoms. The zero-order valence-corrected chi connectivity index (χ0v) is 8.54. The van der Waals surface area contributed by atoms with Crippen LogP contribution in [-0.4, -0.2) is 23.9 Å². The third-order valence-electron chi connectivity index (χ3n) is 1.78. The second-order valence-corrected chi connectivity index (χ2v) is 2.95. The number of carbonyl (C=O) groups excluding carboxylic acids is 1. The molecule has 0 saturated heterocycles. The van der Waals surface area contributed by atoms with Crippen LogP contribution in [0.5, 0.6) is 0 Å². The molecule has 0 unspecified atom stereocenters. The second kappa shape index (κ2) is 8.12. The monoisotopic (exact) mass is 191 g/mol. The quantitative estimate of drug-likeness (QED) is 0.342. The van der Waals surface area contributed by atoms with Crippen molar-refractivity contribution in [2.24, 2.45) is 0 Å². The van der Waals surface area contributed by atoms with Gasteiger partial charge in [0.25, 0.3) is 0 Å². The minimum atomic E-state index is 0.0877. The highest BCUT2D eigenvalue weighted by Gasteiger charge is 2.09. The highest BCUT2D eigenvalue weighted by Crippen LogP contribution is 2.01. The van der Waals surface area contributed by atoms with Gasteiger partial charge in [-0.15, -0.1) is 19.6 Å². The average molecular weight is 191 g/mol. The van der Waals surface area contributed by atoms with Crippen LogP contribution in [0.15, 0.2) is 25.3 Å². The Kier molecular flexibility index (Phi) is 7.26. The van der Waals surface area contributed by atoms with Crippen LogP contribution >= 0.6 is 0 Å². The first-order valence-electron chi connectivity index (χ1n) is 4.69. The van der Waals surface area contributed by atoms with Crippen molar-refractivity contribution in [3.8, 4) is 12.3 Å². The number of rotatable bonds is 7. The number of carbonyl (C=O) groups is 1. The Bertz CT molecular complexity index is 237. The molecule has 0 saturated carbocycles. The molecule has 14 heavy (non-hydrogen) atoms. The molecular formula is C12H17NO. The van der Waals surface area contributed by atoms with E-state index in [2.05, 4.69) is 19.1 Å². The Hall–Kier alpha value is -1.49. The lowest BCUT2D eigenvalue weighted by atomic mass is 10.2. The molecule has 0 spiro atoms. The fraction of sp³-hybridized carbons (Fsp3) is 0.417. The molecule has 0 atom stereocenters. The Morgan fingerprint density at radius 2 is 2.14 bits per heavy atom. The summed E-state index contributed by atoms with van der Waals surface area (Å²) in [5.41, 5.74) is 0. The Morgan fingerprint density at radius 1 is 1.43 bits per heavy atom. The summed E-state index contributed by atoms with van der Waals surface area (Å²) >= 11 is 0. The highest BCUT2D eigenvalue weighted by atomic mass is 16.2. The molecule has 0 N–H and O–H groups in total. The molecule has 2 nitrogen and oxygen atoms in total. The maximum absolute atomic E-state index is 11.5. The predicted molar refractivity (Wildman–Crippen MR) is 59.7 cm³/mol. The van der Waals surface area contributed by atoms with Gasteiger partial charge in [-0.2, -0.15) is 0 Å². The smallest absolute Gasteiger partial charge is 0.223 e. The minimum Gasteiger partial charge on any atom is -0.328 e. The van der Waals surface area contributed by atoms with Crippen LogP contribution in [0.3, 0.4) is 0 Å². The molecule has 0 fully saturated rings. The largest absolute Gasteiger partial charge is 0.328 e. The summed E-state index contributed by atoms with van der Waals surface area (Å²) in [7, 11) is 0. The van der Waals surface area contributed by atoms with E-state index in [1.807, 2.05) is 6.08 Å². The first-order valence-corrected chi connectivity index (χ1v) is 4.69. The molecule has 0 radical (unpaired) electrons. The lowest BCUT2D eigenvalue weighted by Crippen LogP contribution is -2.31. The fourth-order valence-electron chi connectivity index (χ4n) is 1.08. The van der Waals surface area contributed by atoms with E-state index in [0.717, 1.165) is 12.8 Å². The molecule has 0 aliphatic heterocycles. The van der Waals surface area contributed by atoms with Gasteiger partial charge >= 0.3 is 0 Å². The lowest BCUT2D eigenvalue weighted by molar-refractivity contribution is -0.130. The first-order chi connectivity index (χ1) is 6.76. The number of nitrogens with zero attached hydrogens (tertiary/aromatic N) is 1. The number of terminal acetylenes is 1. The number of hydrogen-bond acceptors (Lipinski definition) is 1. The van der Waals surface area contributed by atoms with Crippen LogP contribution < -0.4 is 0 Å². The maximum atomic E-state index is 11.5. The minimum absolute atomic E-state index is 0.0877. The van der Waals surface area contributed by atoms with Crippen LogP contribution in [0.25, 0.3) is 0 Å². The van der Waals surface area contributed by atoms with Gasteiger partial charge in [-0.25, -0.2) is 0 Å². The summed E-state index contributed by atoms with van der Waals surface area (Å²) in [6.07, 6.45) is 10.9. The standard InChI is InChI=1S/C12H17NO/c1-4-7-8-9-12(14)13(10-5-2)11-6-3/h2,4,6H,1,3,7-11H2. The van der Waals surface area contributed by atoms with Gasteiger partial charge < -0.3 is 4.90 Å². The van der Waals surface area contributed by atoms with Crippen molar-refractivity contribution < 1.29 is 4.79 Å². The Labute approximate surface area is 86.3 Å². The van der Waals surface area contributed by atoms with Gasteiger partial charge in [0.05, 0.1) is 6.54 Å². The van der Waals surface area contributed by atoms with Crippen molar-refractivity contribution in [2.45, 2.75) is 19.3 Å². The van der Waals surface area contributed by atoms with Gasteiger partial charge in [0, 0.05) is 13.0 Å². The SMILES string of the molecule is C#CCN(CC=C)C(=O)CCCC=C. The van der Waals surface area contributed by atoms with E-state index in [0.29, 0.717) is 19.5 Å². The van der Waals surface area contributed by atoms with E-state index < -0.39 is 0 Å². The van der Waals surface area contributed by atoms with Crippen LogP contribution in [-0.2, 0) is 4.79 Å². The highest BCUT2D eigenvalue weighted by molar-refractivity contribution is 5.76. The fourth-order valence-corrected chi connectivity index (χ4v) is 1.08. The summed E-state index contributed by atoms with van der Waals surface area (Å²) in [6, 6.07) is 0. The van der Waals surface area contributed by atoms with Crippen molar-refractivity contribution in [3.63, 3.8) is 0 Å². The molecule has 76 valence electrons. The summed E-state index contributed by atoms with van der Waals surface area (Å²) in [4.78, 5) is 13.2. The van der Waals surface area contributed by atoms with E-state index in [1.54, 1.807) is 11.0 Å². The maximum Gasteiger partial charge on any atom is 0.223 e. The van der Waals surface area contributed by atoms with Gasteiger partial charge in [0.1, 0.15) is 0 Å².